The van der Waals surface area contributed by atoms with Gasteiger partial charge in [-0.25, -0.2) is 0 Å². The summed E-state index contributed by atoms with van der Waals surface area (Å²) in [7, 11) is 0. The highest BCUT2D eigenvalue weighted by Crippen LogP contribution is 2.64. The summed E-state index contributed by atoms with van der Waals surface area (Å²) < 4.78 is 1.13. The molecule has 2 heterocycles. The number of hydrogen-bond acceptors (Lipinski definition) is 4. The van der Waals surface area contributed by atoms with E-state index in [9.17, 15) is 0 Å². The van der Waals surface area contributed by atoms with Crippen LogP contribution in [-0.4, -0.2) is 0 Å². The van der Waals surface area contributed by atoms with Crippen LogP contribution in [0.4, 0.5) is 17.1 Å². The minimum atomic E-state index is -0.321. The molecule has 14 rings (SSSR count). The van der Waals surface area contributed by atoms with Crippen molar-refractivity contribution in [3.05, 3.63) is 292 Å². The first-order chi connectivity index (χ1) is 33.0. The van der Waals surface area contributed by atoms with E-state index in [-0.39, 0.29) is 10.8 Å². The summed E-state index contributed by atoms with van der Waals surface area (Å²) in [6, 6.07) is 87.0. The number of nitrogens with one attached hydrogen (secondary N) is 1. The molecule has 4 aliphatic rings. The van der Waals surface area contributed by atoms with E-state index in [0.717, 1.165) is 21.5 Å². The van der Waals surface area contributed by atoms with Gasteiger partial charge in [-0.15, -0.1) is 0 Å². The van der Waals surface area contributed by atoms with Crippen LogP contribution >= 0.6 is 39.5 Å². The number of nitrogens with two attached hydrogens (primary N) is 1. The van der Waals surface area contributed by atoms with Crippen LogP contribution in [0.3, 0.4) is 0 Å². The molecule has 0 atom stereocenters. The Morgan fingerprint density at radius 3 is 1.12 bits per heavy atom. The molecule has 2 aliphatic carbocycles. The molecule has 3 N–H and O–H groups in total. The molecular formula is C62H43BrN2S2. The summed E-state index contributed by atoms with van der Waals surface area (Å²) in [4.78, 5) is 5.36. The zero-order valence-electron chi connectivity index (χ0n) is 36.4. The molecule has 2 spiro atoms. The summed E-state index contributed by atoms with van der Waals surface area (Å²) in [6.07, 6.45) is 0. The molecule has 0 unspecified atom stereocenters. The third kappa shape index (κ3) is 6.71. The Kier molecular flexibility index (Phi) is 10.5. The van der Waals surface area contributed by atoms with Gasteiger partial charge in [0.25, 0.3) is 0 Å². The fraction of sp³-hybridized carbons (Fsp3) is 0.0323. The first kappa shape index (κ1) is 41.4. The van der Waals surface area contributed by atoms with Crippen molar-refractivity contribution in [2.45, 2.75) is 30.4 Å². The second-order valence-electron chi connectivity index (χ2n) is 17.1. The zero-order chi connectivity index (χ0) is 45.0. The van der Waals surface area contributed by atoms with Crippen molar-refractivity contribution in [3.63, 3.8) is 0 Å². The van der Waals surface area contributed by atoms with Gasteiger partial charge in [0.15, 0.2) is 0 Å². The minimum Gasteiger partial charge on any atom is -0.399 e. The molecule has 0 saturated carbocycles. The highest BCUT2D eigenvalue weighted by atomic mass is 79.9. The number of halogens is 1. The monoisotopic (exact) mass is 958 g/mol. The van der Waals surface area contributed by atoms with E-state index in [4.69, 9.17) is 5.73 Å². The summed E-state index contributed by atoms with van der Waals surface area (Å²) >= 11 is 7.50. The van der Waals surface area contributed by atoms with Crippen LogP contribution in [0.1, 0.15) is 44.5 Å². The minimum absolute atomic E-state index is 0.256. The molecule has 10 aromatic carbocycles. The molecule has 0 fully saturated rings. The fourth-order valence-corrected chi connectivity index (χ4v) is 13.6. The summed E-state index contributed by atoms with van der Waals surface area (Å²) in [5, 5.41) is 3.63. The molecular weight excluding hydrogens is 917 g/mol. The quantitative estimate of drug-likeness (QED) is 0.169. The standard InChI is InChI=1S/C31H21NS.C25H15BrS.C6H7N/c1-2-10-21(11-3-1)32-22-18-19-24-23-12-4-5-13-25(23)31(28(24)20-22)26-14-6-8-16-29(26)33-30-17-9-7-15-27(30)31;26-16-13-14-18-17-7-1-2-8-19(17)25(22(18)15-16)20-9-3-5-11-23(20)27-24-12-6-4-10-21(24)25;7-6-4-2-1-3-5-6/h1-20,32H;1-15H;1-5H,7H2. The van der Waals surface area contributed by atoms with Gasteiger partial charge >= 0.3 is 0 Å². The van der Waals surface area contributed by atoms with Crippen molar-refractivity contribution < 1.29 is 0 Å². The van der Waals surface area contributed by atoms with Gasteiger partial charge < -0.3 is 11.1 Å². The number of fused-ring (bicyclic) bond motifs is 18. The number of benzene rings is 10. The van der Waals surface area contributed by atoms with Gasteiger partial charge in [0.05, 0.1) is 10.8 Å². The molecule has 0 saturated heterocycles. The van der Waals surface area contributed by atoms with Crippen LogP contribution in [0.25, 0.3) is 22.3 Å². The molecule has 2 nitrogen and oxygen atoms in total. The fourth-order valence-electron chi connectivity index (χ4n) is 10.9. The highest BCUT2D eigenvalue weighted by Gasteiger charge is 2.51. The Morgan fingerprint density at radius 2 is 0.672 bits per heavy atom. The van der Waals surface area contributed by atoms with Crippen molar-refractivity contribution in [2.75, 3.05) is 11.1 Å². The maximum atomic E-state index is 5.36. The Morgan fingerprint density at radius 1 is 0.313 bits per heavy atom. The van der Waals surface area contributed by atoms with E-state index >= 15 is 0 Å². The number of anilines is 3. The molecule has 0 bridgehead atoms. The predicted octanol–water partition coefficient (Wildman–Crippen LogP) is 16.8. The second-order valence-corrected chi connectivity index (χ2v) is 20.2. The Labute approximate surface area is 409 Å². The van der Waals surface area contributed by atoms with Crippen molar-refractivity contribution in [1.29, 1.82) is 0 Å². The van der Waals surface area contributed by atoms with Gasteiger partial charge in [-0.05, 0) is 140 Å². The topological polar surface area (TPSA) is 38.0 Å². The first-order valence-electron chi connectivity index (χ1n) is 22.6. The molecule has 0 aromatic heterocycles. The molecule has 0 amide bonds. The maximum Gasteiger partial charge on any atom is 0.0736 e. The van der Waals surface area contributed by atoms with E-state index in [1.807, 2.05) is 59.9 Å². The number of rotatable bonds is 2. The van der Waals surface area contributed by atoms with Crippen molar-refractivity contribution in [1.82, 2.24) is 0 Å². The number of para-hydroxylation sites is 2. The van der Waals surface area contributed by atoms with E-state index < -0.39 is 0 Å². The summed E-state index contributed by atoms with van der Waals surface area (Å²) in [5.41, 5.74) is 24.1. The number of nitrogen functional groups attached to an aromatic ring is 1. The third-order valence-corrected chi connectivity index (χ3v) is 16.3. The molecule has 5 heteroatoms. The normalized spacial score (nSPS) is 13.9. The lowest BCUT2D eigenvalue weighted by Gasteiger charge is -2.39. The van der Waals surface area contributed by atoms with Crippen LogP contribution in [0.2, 0.25) is 0 Å². The highest BCUT2D eigenvalue weighted by molar-refractivity contribution is 9.10. The smallest absolute Gasteiger partial charge is 0.0736 e. The van der Waals surface area contributed by atoms with Crippen molar-refractivity contribution in [3.8, 4) is 22.3 Å². The van der Waals surface area contributed by atoms with Crippen LogP contribution in [-0.2, 0) is 10.8 Å². The van der Waals surface area contributed by atoms with Gasteiger partial charge in [0.2, 0.25) is 0 Å². The molecule has 2 aliphatic heterocycles. The van der Waals surface area contributed by atoms with Crippen LogP contribution in [0, 0.1) is 0 Å². The lowest BCUT2D eigenvalue weighted by molar-refractivity contribution is 0.722. The number of hydrogen-bond donors (Lipinski definition) is 2. The lowest BCUT2D eigenvalue weighted by Crippen LogP contribution is -2.31. The van der Waals surface area contributed by atoms with Crippen molar-refractivity contribution >= 4 is 56.5 Å². The molecule has 320 valence electrons. The van der Waals surface area contributed by atoms with E-state index in [0.29, 0.717) is 0 Å². The molecule has 0 radical (unpaired) electrons. The van der Waals surface area contributed by atoms with Gasteiger partial charge in [-0.3, -0.25) is 0 Å². The molecule has 10 aromatic rings. The van der Waals surface area contributed by atoms with Crippen molar-refractivity contribution in [2.24, 2.45) is 0 Å². The average molecular weight is 960 g/mol. The van der Waals surface area contributed by atoms with E-state index in [1.165, 1.54) is 86.3 Å². The molecule has 67 heavy (non-hydrogen) atoms. The van der Waals surface area contributed by atoms with Crippen LogP contribution in [0.15, 0.2) is 267 Å². The Hall–Kier alpha value is -7.02. The maximum absolute atomic E-state index is 5.36. The predicted molar refractivity (Wildman–Crippen MR) is 284 cm³/mol. The van der Waals surface area contributed by atoms with Gasteiger partial charge in [0, 0.05) is 41.1 Å². The first-order valence-corrected chi connectivity index (χ1v) is 25.0. The second kappa shape index (κ2) is 17.0. The van der Waals surface area contributed by atoms with Gasteiger partial charge in [-0.2, -0.15) is 0 Å². The van der Waals surface area contributed by atoms with E-state index in [2.05, 4.69) is 228 Å². The summed E-state index contributed by atoms with van der Waals surface area (Å²) in [6.45, 7) is 0. The zero-order valence-corrected chi connectivity index (χ0v) is 39.6. The van der Waals surface area contributed by atoms with Crippen LogP contribution in [0.5, 0.6) is 0 Å². The van der Waals surface area contributed by atoms with E-state index in [1.54, 1.807) is 0 Å². The summed E-state index contributed by atoms with van der Waals surface area (Å²) in [5.74, 6) is 0. The Balaban J connectivity index is 0.000000124. The van der Waals surface area contributed by atoms with Gasteiger partial charge in [0.1, 0.15) is 0 Å². The Bertz CT molecular complexity index is 3400. The lowest BCUT2D eigenvalue weighted by atomic mass is 9.67. The largest absolute Gasteiger partial charge is 0.399 e. The van der Waals surface area contributed by atoms with Crippen LogP contribution < -0.4 is 11.1 Å². The van der Waals surface area contributed by atoms with Gasteiger partial charge in [-0.1, -0.05) is 209 Å². The SMILES string of the molecule is Brc1ccc2c(c1)C1(c3ccccc3Sc3ccccc31)c1ccccc1-2.Nc1ccccc1.c1ccc(Nc2ccc3c(c2)C2(c4ccccc4Sc4ccccc42)c2ccccc2-3)cc1. The average Bonchev–Trinajstić information content (AvgIpc) is 3.82. The third-order valence-electron chi connectivity index (χ3n) is 13.5.